The molecule has 0 aromatic heterocycles. The molecule has 1 amide bonds. The van der Waals surface area contributed by atoms with Gasteiger partial charge in [-0.05, 0) is 19.1 Å². The van der Waals surface area contributed by atoms with Crippen molar-refractivity contribution < 1.29 is 14.7 Å². The number of carbonyl (C=O) groups excluding carboxylic acids is 1. The van der Waals surface area contributed by atoms with Crippen molar-refractivity contribution in [1.29, 1.82) is 0 Å². The van der Waals surface area contributed by atoms with E-state index in [1.807, 2.05) is 6.07 Å². The Bertz CT molecular complexity index is 482. The van der Waals surface area contributed by atoms with E-state index in [1.54, 1.807) is 31.2 Å². The average Bonchev–Trinajstić information content (AvgIpc) is 2.72. The van der Waals surface area contributed by atoms with E-state index in [0.29, 0.717) is 11.6 Å². The first-order chi connectivity index (χ1) is 8.20. The standard InChI is InChI=1S/C11H11N3O3/c1-8-12-10(13-16)7-14(8)11(15)17-9-5-3-2-4-6-9/h2-6,16H,7H2,1H3/b13-10+. The fourth-order valence-electron chi connectivity index (χ4n) is 1.43. The molecule has 2 rings (SSSR count). The van der Waals surface area contributed by atoms with Gasteiger partial charge in [0.2, 0.25) is 0 Å². The molecule has 17 heavy (non-hydrogen) atoms. The molecule has 0 radical (unpaired) electrons. The highest BCUT2D eigenvalue weighted by atomic mass is 16.6. The summed E-state index contributed by atoms with van der Waals surface area (Å²) >= 11 is 0. The lowest BCUT2D eigenvalue weighted by Crippen LogP contribution is -2.35. The largest absolute Gasteiger partial charge is 0.421 e. The van der Waals surface area contributed by atoms with Gasteiger partial charge in [-0.2, -0.15) is 0 Å². The number of ether oxygens (including phenoxy) is 1. The summed E-state index contributed by atoms with van der Waals surface area (Å²) in [6.07, 6.45) is -0.545. The Morgan fingerprint density at radius 2 is 2.18 bits per heavy atom. The zero-order valence-corrected chi connectivity index (χ0v) is 9.20. The van der Waals surface area contributed by atoms with Crippen LogP contribution >= 0.6 is 0 Å². The van der Waals surface area contributed by atoms with Gasteiger partial charge in [-0.25, -0.2) is 9.79 Å². The predicted octanol–water partition coefficient (Wildman–Crippen LogP) is 1.71. The first kappa shape index (κ1) is 11.1. The van der Waals surface area contributed by atoms with Crippen LogP contribution in [0.5, 0.6) is 5.75 Å². The van der Waals surface area contributed by atoms with Gasteiger partial charge in [0.25, 0.3) is 0 Å². The van der Waals surface area contributed by atoms with Gasteiger partial charge in [-0.15, -0.1) is 0 Å². The molecule has 0 fully saturated rings. The number of para-hydroxylation sites is 1. The Balaban J connectivity index is 2.06. The second kappa shape index (κ2) is 4.65. The number of benzene rings is 1. The van der Waals surface area contributed by atoms with E-state index >= 15 is 0 Å². The number of aliphatic imine (C=N–C) groups is 1. The van der Waals surface area contributed by atoms with Crippen LogP contribution in [0.2, 0.25) is 0 Å². The molecule has 1 N–H and O–H groups in total. The van der Waals surface area contributed by atoms with Crippen LogP contribution in [-0.4, -0.2) is 34.4 Å². The first-order valence-corrected chi connectivity index (χ1v) is 5.01. The number of oxime groups is 1. The van der Waals surface area contributed by atoms with Gasteiger partial charge in [0, 0.05) is 0 Å². The molecule has 1 aliphatic rings. The SMILES string of the molecule is CC1=N/C(=N/O)CN1C(=O)Oc1ccccc1. The summed E-state index contributed by atoms with van der Waals surface area (Å²) in [7, 11) is 0. The summed E-state index contributed by atoms with van der Waals surface area (Å²) in [6, 6.07) is 8.74. The number of amides is 1. The van der Waals surface area contributed by atoms with Crippen LogP contribution < -0.4 is 4.74 Å². The maximum atomic E-state index is 11.8. The van der Waals surface area contributed by atoms with E-state index in [4.69, 9.17) is 9.94 Å². The molecule has 0 unspecified atom stereocenters. The summed E-state index contributed by atoms with van der Waals surface area (Å²) in [5, 5.41) is 11.5. The molecule has 6 heteroatoms. The molecule has 88 valence electrons. The number of rotatable bonds is 1. The highest BCUT2D eigenvalue weighted by Crippen LogP contribution is 2.12. The van der Waals surface area contributed by atoms with Gasteiger partial charge in [0.05, 0.1) is 6.54 Å². The topological polar surface area (TPSA) is 74.5 Å². The van der Waals surface area contributed by atoms with Crippen molar-refractivity contribution in [1.82, 2.24) is 4.90 Å². The average molecular weight is 233 g/mol. The van der Waals surface area contributed by atoms with Gasteiger partial charge in [-0.1, -0.05) is 23.4 Å². The molecule has 0 bridgehead atoms. The second-order valence-corrected chi connectivity index (χ2v) is 3.44. The zero-order valence-electron chi connectivity index (χ0n) is 9.20. The van der Waals surface area contributed by atoms with Crippen molar-refractivity contribution in [2.24, 2.45) is 10.1 Å². The fourth-order valence-corrected chi connectivity index (χ4v) is 1.43. The summed E-state index contributed by atoms with van der Waals surface area (Å²) in [5.41, 5.74) is 0. The second-order valence-electron chi connectivity index (χ2n) is 3.44. The van der Waals surface area contributed by atoms with Gasteiger partial charge < -0.3 is 9.94 Å². The maximum absolute atomic E-state index is 11.8. The zero-order chi connectivity index (χ0) is 12.3. The summed E-state index contributed by atoms with van der Waals surface area (Å²) in [5.74, 6) is 1.09. The minimum Gasteiger partial charge on any atom is -0.410 e. The van der Waals surface area contributed by atoms with Crippen molar-refractivity contribution in [2.75, 3.05) is 6.54 Å². The van der Waals surface area contributed by atoms with Gasteiger partial charge >= 0.3 is 6.09 Å². The summed E-state index contributed by atoms with van der Waals surface area (Å²) in [4.78, 5) is 17.0. The van der Waals surface area contributed by atoms with E-state index in [1.165, 1.54) is 4.90 Å². The van der Waals surface area contributed by atoms with Crippen molar-refractivity contribution in [3.63, 3.8) is 0 Å². The van der Waals surface area contributed by atoms with Crippen LogP contribution in [0.4, 0.5) is 4.79 Å². The van der Waals surface area contributed by atoms with Crippen LogP contribution in [0.1, 0.15) is 6.92 Å². The fraction of sp³-hybridized carbons (Fsp3) is 0.182. The monoisotopic (exact) mass is 233 g/mol. The molecule has 1 heterocycles. The lowest BCUT2D eigenvalue weighted by Gasteiger charge is -2.14. The van der Waals surface area contributed by atoms with Gasteiger partial charge in [-0.3, -0.25) is 4.90 Å². The number of hydrogen-bond donors (Lipinski definition) is 1. The number of carbonyl (C=O) groups is 1. The molecule has 0 saturated carbocycles. The Morgan fingerprint density at radius 3 is 2.76 bits per heavy atom. The highest BCUT2D eigenvalue weighted by Gasteiger charge is 2.26. The molecule has 6 nitrogen and oxygen atoms in total. The molecule has 1 aromatic rings. The Morgan fingerprint density at radius 1 is 1.47 bits per heavy atom. The molecular weight excluding hydrogens is 222 g/mol. The molecule has 0 saturated heterocycles. The molecule has 1 aromatic carbocycles. The molecule has 0 spiro atoms. The first-order valence-electron chi connectivity index (χ1n) is 5.01. The Hall–Kier alpha value is -2.37. The van der Waals surface area contributed by atoms with Gasteiger partial charge in [0.1, 0.15) is 11.6 Å². The van der Waals surface area contributed by atoms with E-state index in [9.17, 15) is 4.79 Å². The lowest BCUT2D eigenvalue weighted by atomic mass is 10.3. The third kappa shape index (κ3) is 2.41. The van der Waals surface area contributed by atoms with E-state index < -0.39 is 6.09 Å². The third-order valence-electron chi connectivity index (χ3n) is 2.27. The highest BCUT2D eigenvalue weighted by molar-refractivity contribution is 6.09. The number of nitrogens with zero attached hydrogens (tertiary/aromatic N) is 3. The Labute approximate surface area is 97.8 Å². The van der Waals surface area contributed by atoms with E-state index in [2.05, 4.69) is 10.1 Å². The maximum Gasteiger partial charge on any atom is 0.421 e. The number of amidine groups is 2. The quantitative estimate of drug-likeness (QED) is 0.592. The smallest absolute Gasteiger partial charge is 0.410 e. The van der Waals surface area contributed by atoms with Crippen LogP contribution in [-0.2, 0) is 0 Å². The van der Waals surface area contributed by atoms with Crippen LogP contribution in [0, 0.1) is 0 Å². The van der Waals surface area contributed by atoms with Crippen LogP contribution in [0.3, 0.4) is 0 Å². The van der Waals surface area contributed by atoms with E-state index in [0.717, 1.165) is 0 Å². The molecular formula is C11H11N3O3. The lowest BCUT2D eigenvalue weighted by molar-refractivity contribution is 0.180. The minimum atomic E-state index is -0.545. The number of hydrogen-bond acceptors (Lipinski definition) is 4. The summed E-state index contributed by atoms with van der Waals surface area (Å²) < 4.78 is 5.13. The van der Waals surface area contributed by atoms with E-state index in [-0.39, 0.29) is 12.4 Å². The minimum absolute atomic E-state index is 0.119. The Kier molecular flexibility index (Phi) is 3.04. The van der Waals surface area contributed by atoms with Crippen LogP contribution in [0.15, 0.2) is 40.5 Å². The molecule has 0 atom stereocenters. The van der Waals surface area contributed by atoms with Crippen molar-refractivity contribution in [3.05, 3.63) is 30.3 Å². The molecule has 1 aliphatic heterocycles. The van der Waals surface area contributed by atoms with Crippen molar-refractivity contribution in [2.45, 2.75) is 6.92 Å². The van der Waals surface area contributed by atoms with Crippen molar-refractivity contribution in [3.8, 4) is 5.75 Å². The van der Waals surface area contributed by atoms with Gasteiger partial charge in [0.15, 0.2) is 5.84 Å². The van der Waals surface area contributed by atoms with Crippen molar-refractivity contribution >= 4 is 17.8 Å². The van der Waals surface area contributed by atoms with Crippen LogP contribution in [0.25, 0.3) is 0 Å². The third-order valence-corrected chi connectivity index (χ3v) is 2.27. The predicted molar refractivity (Wildman–Crippen MR) is 61.5 cm³/mol. The summed E-state index contributed by atoms with van der Waals surface area (Å²) in [6.45, 7) is 1.76. The molecule has 0 aliphatic carbocycles. The normalized spacial score (nSPS) is 17.1.